The van der Waals surface area contributed by atoms with Crippen LogP contribution in [0.1, 0.15) is 10.4 Å². The van der Waals surface area contributed by atoms with E-state index in [1.54, 1.807) is 0 Å². The second kappa shape index (κ2) is 5.54. The number of amides is 1. The summed E-state index contributed by atoms with van der Waals surface area (Å²) < 4.78 is 18.6. The number of nitrogens with zero attached hydrogens (tertiary/aromatic N) is 1. The third-order valence-electron chi connectivity index (χ3n) is 2.83. The summed E-state index contributed by atoms with van der Waals surface area (Å²) in [4.78, 5) is 24.3. The zero-order valence-corrected chi connectivity index (χ0v) is 10.6. The van der Waals surface area contributed by atoms with Crippen LogP contribution >= 0.6 is 11.6 Å². The van der Waals surface area contributed by atoms with Crippen molar-refractivity contribution < 1.29 is 23.8 Å². The average Bonchev–Trinajstić information content (AvgIpc) is 2.40. The Morgan fingerprint density at radius 2 is 2.21 bits per heavy atom. The van der Waals surface area contributed by atoms with Crippen molar-refractivity contribution >= 4 is 23.5 Å². The molecular formula is C12H11ClFNO4. The molecular weight excluding hydrogens is 277 g/mol. The molecule has 0 aliphatic carbocycles. The Morgan fingerprint density at radius 3 is 2.89 bits per heavy atom. The van der Waals surface area contributed by atoms with Gasteiger partial charge in [0.2, 0.25) is 0 Å². The minimum Gasteiger partial charge on any atom is -0.480 e. The van der Waals surface area contributed by atoms with Gasteiger partial charge < -0.3 is 14.7 Å². The van der Waals surface area contributed by atoms with E-state index in [2.05, 4.69) is 0 Å². The molecule has 0 aromatic heterocycles. The summed E-state index contributed by atoms with van der Waals surface area (Å²) in [5.74, 6) is -2.61. The Morgan fingerprint density at radius 1 is 1.47 bits per heavy atom. The number of carboxylic acids is 1. The monoisotopic (exact) mass is 287 g/mol. The molecule has 0 radical (unpaired) electrons. The van der Waals surface area contributed by atoms with Crippen molar-refractivity contribution in [2.45, 2.75) is 6.04 Å². The van der Waals surface area contributed by atoms with E-state index in [4.69, 9.17) is 21.4 Å². The van der Waals surface area contributed by atoms with Crippen molar-refractivity contribution in [3.63, 3.8) is 0 Å². The third-order valence-corrected chi connectivity index (χ3v) is 3.07. The first-order valence-corrected chi connectivity index (χ1v) is 5.95. The summed E-state index contributed by atoms with van der Waals surface area (Å²) in [6, 6.07) is 2.47. The van der Waals surface area contributed by atoms with Crippen LogP contribution in [0.25, 0.3) is 0 Å². The van der Waals surface area contributed by atoms with Crippen molar-refractivity contribution in [3.05, 3.63) is 34.6 Å². The highest BCUT2D eigenvalue weighted by molar-refractivity contribution is 6.31. The zero-order chi connectivity index (χ0) is 14.0. The van der Waals surface area contributed by atoms with Gasteiger partial charge in [0.25, 0.3) is 5.91 Å². The summed E-state index contributed by atoms with van der Waals surface area (Å²) in [6.45, 7) is 0.211. The average molecular weight is 288 g/mol. The van der Waals surface area contributed by atoms with Gasteiger partial charge in [-0.05, 0) is 18.2 Å². The molecule has 1 heterocycles. The molecule has 0 saturated carbocycles. The lowest BCUT2D eigenvalue weighted by atomic mass is 10.1. The van der Waals surface area contributed by atoms with Crippen molar-refractivity contribution in [2.24, 2.45) is 0 Å². The van der Waals surface area contributed by atoms with E-state index in [1.165, 1.54) is 12.1 Å². The van der Waals surface area contributed by atoms with Gasteiger partial charge in [0.15, 0.2) is 6.04 Å². The number of carboxylic acid groups (broad SMARTS) is 1. The number of rotatable bonds is 2. The number of morpholine rings is 1. The molecule has 1 aliphatic heterocycles. The fourth-order valence-corrected chi connectivity index (χ4v) is 2.04. The van der Waals surface area contributed by atoms with Crippen molar-refractivity contribution in [1.29, 1.82) is 0 Å². The van der Waals surface area contributed by atoms with Crippen molar-refractivity contribution in [3.8, 4) is 0 Å². The first-order valence-electron chi connectivity index (χ1n) is 5.57. The number of carbonyl (C=O) groups excluding carboxylic acids is 1. The standard InChI is InChI=1S/C12H11ClFNO4/c13-7-1-2-9(14)8(5-7)11(16)15-3-4-19-6-10(15)12(17)18/h1-2,5,10H,3-4,6H2,(H,17,18)/t10-/m1/s1. The van der Waals surface area contributed by atoms with Gasteiger partial charge in [0, 0.05) is 11.6 Å². The third kappa shape index (κ3) is 2.85. The van der Waals surface area contributed by atoms with Gasteiger partial charge in [0.05, 0.1) is 18.8 Å². The molecule has 19 heavy (non-hydrogen) atoms. The largest absolute Gasteiger partial charge is 0.480 e. The highest BCUT2D eigenvalue weighted by Gasteiger charge is 2.34. The Balaban J connectivity index is 2.31. The van der Waals surface area contributed by atoms with E-state index in [-0.39, 0.29) is 30.3 Å². The van der Waals surface area contributed by atoms with E-state index in [9.17, 15) is 14.0 Å². The van der Waals surface area contributed by atoms with Crippen LogP contribution in [0, 0.1) is 5.82 Å². The smallest absolute Gasteiger partial charge is 0.328 e. The normalized spacial score (nSPS) is 19.3. The lowest BCUT2D eigenvalue weighted by Crippen LogP contribution is -2.52. The summed E-state index contributed by atoms with van der Waals surface area (Å²) in [7, 11) is 0. The molecule has 1 atom stereocenters. The summed E-state index contributed by atoms with van der Waals surface area (Å²) in [5.41, 5.74) is -0.236. The number of carbonyl (C=O) groups is 2. The molecule has 7 heteroatoms. The van der Waals surface area contributed by atoms with Gasteiger partial charge in [-0.2, -0.15) is 0 Å². The molecule has 1 amide bonds. The van der Waals surface area contributed by atoms with Crippen LogP contribution in [0.2, 0.25) is 5.02 Å². The Bertz CT molecular complexity index is 522. The van der Waals surface area contributed by atoms with Gasteiger partial charge >= 0.3 is 5.97 Å². The van der Waals surface area contributed by atoms with Crippen LogP contribution in [0.3, 0.4) is 0 Å². The minimum atomic E-state index is -1.18. The van der Waals surface area contributed by atoms with Crippen LogP contribution in [-0.2, 0) is 9.53 Å². The maximum atomic E-state index is 13.6. The molecule has 1 aliphatic rings. The molecule has 1 N–H and O–H groups in total. The number of hydrogen-bond donors (Lipinski definition) is 1. The highest BCUT2D eigenvalue weighted by atomic mass is 35.5. The molecule has 0 unspecified atom stereocenters. The predicted molar refractivity (Wildman–Crippen MR) is 64.7 cm³/mol. The van der Waals surface area contributed by atoms with Gasteiger partial charge in [-0.1, -0.05) is 11.6 Å². The minimum absolute atomic E-state index is 0.0990. The Labute approximate surface area is 113 Å². The first kappa shape index (κ1) is 13.8. The topological polar surface area (TPSA) is 66.8 Å². The van der Waals surface area contributed by atoms with E-state index >= 15 is 0 Å². The van der Waals surface area contributed by atoms with Crippen LogP contribution in [0.5, 0.6) is 0 Å². The summed E-state index contributed by atoms with van der Waals surface area (Å²) in [5, 5.41) is 9.25. The predicted octanol–water partition coefficient (Wildman–Crippen LogP) is 1.40. The van der Waals surface area contributed by atoms with Crippen molar-refractivity contribution in [1.82, 2.24) is 4.90 Å². The quantitative estimate of drug-likeness (QED) is 0.893. The molecule has 0 spiro atoms. The molecule has 102 valence electrons. The van der Waals surface area contributed by atoms with Gasteiger partial charge in [-0.25, -0.2) is 9.18 Å². The molecule has 5 nitrogen and oxygen atoms in total. The van der Waals surface area contributed by atoms with E-state index in [0.717, 1.165) is 11.0 Å². The van der Waals surface area contributed by atoms with Crippen LogP contribution in [-0.4, -0.2) is 47.7 Å². The molecule has 2 rings (SSSR count). The van der Waals surface area contributed by atoms with E-state index in [0.29, 0.717) is 0 Å². The Kier molecular flexibility index (Phi) is 4.01. The maximum Gasteiger partial charge on any atom is 0.328 e. The molecule has 1 saturated heterocycles. The molecule has 1 aromatic carbocycles. The van der Waals surface area contributed by atoms with E-state index < -0.39 is 23.7 Å². The molecule has 1 aromatic rings. The Hall–Kier alpha value is -1.66. The summed E-state index contributed by atoms with van der Waals surface area (Å²) in [6.07, 6.45) is 0. The number of hydrogen-bond acceptors (Lipinski definition) is 3. The number of aliphatic carboxylic acids is 1. The van der Waals surface area contributed by atoms with Crippen molar-refractivity contribution in [2.75, 3.05) is 19.8 Å². The number of halogens is 2. The van der Waals surface area contributed by atoms with E-state index in [1.807, 2.05) is 0 Å². The SMILES string of the molecule is O=C(O)[C@H]1COCCN1C(=O)c1cc(Cl)ccc1F. The number of ether oxygens (including phenoxy) is 1. The van der Waals surface area contributed by atoms with Crippen LogP contribution in [0.15, 0.2) is 18.2 Å². The maximum absolute atomic E-state index is 13.6. The van der Waals surface area contributed by atoms with Crippen LogP contribution in [0.4, 0.5) is 4.39 Å². The van der Waals surface area contributed by atoms with Crippen LogP contribution < -0.4 is 0 Å². The second-order valence-electron chi connectivity index (χ2n) is 4.05. The number of benzene rings is 1. The second-order valence-corrected chi connectivity index (χ2v) is 4.49. The molecule has 0 bridgehead atoms. The van der Waals surface area contributed by atoms with Gasteiger partial charge in [-0.15, -0.1) is 0 Å². The fraction of sp³-hybridized carbons (Fsp3) is 0.333. The summed E-state index contributed by atoms with van der Waals surface area (Å²) >= 11 is 5.72. The van der Waals surface area contributed by atoms with Gasteiger partial charge in [-0.3, -0.25) is 4.79 Å². The fourth-order valence-electron chi connectivity index (χ4n) is 1.87. The first-order chi connectivity index (χ1) is 9.00. The zero-order valence-electron chi connectivity index (χ0n) is 9.81. The lowest BCUT2D eigenvalue weighted by molar-refractivity contribution is -0.147. The highest BCUT2D eigenvalue weighted by Crippen LogP contribution is 2.19. The molecule has 1 fully saturated rings. The lowest BCUT2D eigenvalue weighted by Gasteiger charge is -2.32. The van der Waals surface area contributed by atoms with Gasteiger partial charge in [0.1, 0.15) is 5.82 Å².